The lowest BCUT2D eigenvalue weighted by Crippen LogP contribution is -2.40. The van der Waals surface area contributed by atoms with Gasteiger partial charge < -0.3 is 14.6 Å². The van der Waals surface area contributed by atoms with Crippen LogP contribution in [0.4, 0.5) is 4.39 Å². The fourth-order valence-corrected chi connectivity index (χ4v) is 3.26. The molecule has 134 valence electrons. The maximum Gasteiger partial charge on any atom is 0.223 e. The molecule has 1 saturated heterocycles. The van der Waals surface area contributed by atoms with Gasteiger partial charge >= 0.3 is 0 Å². The molecular weight excluding hydrogens is 321 g/mol. The first-order valence-electron chi connectivity index (χ1n) is 8.79. The monoisotopic (exact) mass is 345 g/mol. The van der Waals surface area contributed by atoms with Crippen LogP contribution in [0, 0.1) is 11.7 Å². The Bertz CT molecular complexity index is 708. The molecule has 0 aliphatic carbocycles. The number of aryl methyl sites for hydroxylation is 1. The summed E-state index contributed by atoms with van der Waals surface area (Å²) in [6, 6.07) is 6.43. The van der Waals surface area contributed by atoms with Crippen LogP contribution in [0.5, 0.6) is 0 Å². The van der Waals surface area contributed by atoms with Gasteiger partial charge in [0.15, 0.2) is 11.7 Å². The van der Waals surface area contributed by atoms with Gasteiger partial charge in [0.05, 0.1) is 11.8 Å². The summed E-state index contributed by atoms with van der Waals surface area (Å²) < 4.78 is 19.4. The molecule has 0 spiro atoms. The van der Waals surface area contributed by atoms with E-state index in [9.17, 15) is 9.18 Å². The van der Waals surface area contributed by atoms with Crippen molar-refractivity contribution >= 4 is 5.91 Å². The Kier molecular flexibility index (Phi) is 5.81. The van der Waals surface area contributed by atoms with E-state index < -0.39 is 0 Å². The van der Waals surface area contributed by atoms with Crippen LogP contribution in [0.1, 0.15) is 25.2 Å². The number of carbonyl (C=O) groups excluding carboxylic acids is 1. The molecule has 6 heteroatoms. The molecule has 0 bridgehead atoms. The van der Waals surface area contributed by atoms with E-state index in [1.807, 2.05) is 11.9 Å². The number of rotatable bonds is 6. The second kappa shape index (κ2) is 8.25. The number of benzene rings is 1. The first-order chi connectivity index (χ1) is 12.2. The van der Waals surface area contributed by atoms with E-state index >= 15 is 0 Å². The highest BCUT2D eigenvalue weighted by Gasteiger charge is 2.22. The van der Waals surface area contributed by atoms with Gasteiger partial charge in [-0.25, -0.2) is 9.37 Å². The second-order valence-electron chi connectivity index (χ2n) is 6.48. The Morgan fingerprint density at radius 1 is 1.36 bits per heavy atom. The van der Waals surface area contributed by atoms with Crippen molar-refractivity contribution in [2.75, 3.05) is 26.7 Å². The van der Waals surface area contributed by atoms with Gasteiger partial charge in [-0.2, -0.15) is 0 Å². The lowest BCUT2D eigenvalue weighted by Gasteiger charge is -2.32. The molecular formula is C19H24FN3O2. The van der Waals surface area contributed by atoms with Crippen molar-refractivity contribution in [1.82, 2.24) is 15.2 Å². The second-order valence-corrected chi connectivity index (χ2v) is 6.48. The van der Waals surface area contributed by atoms with Crippen molar-refractivity contribution in [3.05, 3.63) is 42.2 Å². The minimum absolute atomic E-state index is 0.133. The number of hydrogen-bond donors (Lipinski definition) is 1. The molecule has 1 aliphatic rings. The fraction of sp³-hybridized carbons (Fsp3) is 0.474. The van der Waals surface area contributed by atoms with Crippen LogP contribution >= 0.6 is 0 Å². The number of oxazole rings is 1. The van der Waals surface area contributed by atoms with Gasteiger partial charge in [-0.1, -0.05) is 12.1 Å². The number of likely N-dealkylation sites (tertiary alicyclic amines) is 1. The average molecular weight is 345 g/mol. The number of nitrogens with zero attached hydrogens (tertiary/aromatic N) is 2. The van der Waals surface area contributed by atoms with Gasteiger partial charge in [0.25, 0.3) is 0 Å². The molecule has 1 amide bonds. The van der Waals surface area contributed by atoms with Crippen LogP contribution in [0.3, 0.4) is 0 Å². The van der Waals surface area contributed by atoms with E-state index in [0.29, 0.717) is 36.0 Å². The zero-order valence-corrected chi connectivity index (χ0v) is 14.5. The van der Waals surface area contributed by atoms with Crippen molar-refractivity contribution in [3.63, 3.8) is 0 Å². The van der Waals surface area contributed by atoms with Gasteiger partial charge in [0, 0.05) is 25.9 Å². The molecule has 1 aromatic heterocycles. The van der Waals surface area contributed by atoms with Gasteiger partial charge in [-0.05, 0) is 44.5 Å². The first-order valence-corrected chi connectivity index (χ1v) is 8.79. The zero-order valence-electron chi connectivity index (χ0n) is 14.5. The smallest absolute Gasteiger partial charge is 0.223 e. The van der Waals surface area contributed by atoms with Gasteiger partial charge in [-0.15, -0.1) is 0 Å². The third-order valence-electron chi connectivity index (χ3n) is 4.71. The molecule has 0 atom stereocenters. The summed E-state index contributed by atoms with van der Waals surface area (Å²) in [6.07, 6.45) is 4.41. The van der Waals surface area contributed by atoms with E-state index in [-0.39, 0.29) is 11.7 Å². The van der Waals surface area contributed by atoms with E-state index in [1.54, 1.807) is 18.2 Å². The molecule has 25 heavy (non-hydrogen) atoms. The summed E-state index contributed by atoms with van der Waals surface area (Å²) in [4.78, 5) is 18.4. The van der Waals surface area contributed by atoms with Gasteiger partial charge in [-0.3, -0.25) is 4.79 Å². The summed E-state index contributed by atoms with van der Waals surface area (Å²) in [5.74, 6) is 1.31. The van der Waals surface area contributed by atoms with Crippen molar-refractivity contribution in [3.8, 4) is 11.3 Å². The molecule has 0 radical (unpaired) electrons. The summed E-state index contributed by atoms with van der Waals surface area (Å²) >= 11 is 0. The third-order valence-corrected chi connectivity index (χ3v) is 4.71. The summed E-state index contributed by atoms with van der Waals surface area (Å²) in [7, 11) is 1.96. The Labute approximate surface area is 147 Å². The number of hydrogen-bond acceptors (Lipinski definition) is 4. The highest BCUT2D eigenvalue weighted by molar-refractivity contribution is 5.76. The quantitative estimate of drug-likeness (QED) is 0.875. The number of halogens is 1. The molecule has 0 saturated carbocycles. The van der Waals surface area contributed by atoms with Crippen molar-refractivity contribution in [2.24, 2.45) is 5.92 Å². The van der Waals surface area contributed by atoms with E-state index in [1.165, 1.54) is 12.3 Å². The fourth-order valence-electron chi connectivity index (χ4n) is 3.26. The predicted octanol–water partition coefficient (Wildman–Crippen LogP) is 2.87. The van der Waals surface area contributed by atoms with E-state index in [0.717, 1.165) is 32.5 Å². The minimum Gasteiger partial charge on any atom is -0.441 e. The van der Waals surface area contributed by atoms with Crippen LogP contribution in [-0.4, -0.2) is 42.5 Å². The third kappa shape index (κ3) is 4.45. The van der Waals surface area contributed by atoms with Crippen LogP contribution < -0.4 is 5.32 Å². The molecule has 1 N–H and O–H groups in total. The molecule has 0 unspecified atom stereocenters. The predicted molar refractivity (Wildman–Crippen MR) is 93.4 cm³/mol. The number of nitrogens with one attached hydrogen (secondary N) is 1. The maximum atomic E-state index is 13.8. The van der Waals surface area contributed by atoms with Crippen molar-refractivity contribution in [2.45, 2.75) is 25.7 Å². The Morgan fingerprint density at radius 2 is 2.12 bits per heavy atom. The van der Waals surface area contributed by atoms with Gasteiger partial charge in [0.2, 0.25) is 5.91 Å². The number of carbonyl (C=O) groups is 1. The van der Waals surface area contributed by atoms with Gasteiger partial charge in [0.1, 0.15) is 5.82 Å². The molecule has 1 fully saturated rings. The van der Waals surface area contributed by atoms with Crippen molar-refractivity contribution in [1.29, 1.82) is 0 Å². The Morgan fingerprint density at radius 3 is 2.84 bits per heavy atom. The number of aromatic nitrogens is 1. The van der Waals surface area contributed by atoms with Crippen LogP contribution in [0.25, 0.3) is 11.3 Å². The molecule has 2 aromatic rings. The SMILES string of the molecule is CNCC1CCN(C(=O)CCc2ncc(-c3ccccc3F)o2)CC1. The number of piperidine rings is 1. The Balaban J connectivity index is 1.51. The summed E-state index contributed by atoms with van der Waals surface area (Å²) in [5.41, 5.74) is 0.388. The van der Waals surface area contributed by atoms with Crippen LogP contribution in [-0.2, 0) is 11.2 Å². The minimum atomic E-state index is -0.342. The first kappa shape index (κ1) is 17.6. The molecule has 3 rings (SSSR count). The van der Waals surface area contributed by atoms with Crippen LogP contribution in [0.15, 0.2) is 34.9 Å². The largest absolute Gasteiger partial charge is 0.441 e. The molecule has 2 heterocycles. The number of amides is 1. The lowest BCUT2D eigenvalue weighted by atomic mass is 9.96. The zero-order chi connectivity index (χ0) is 17.6. The molecule has 1 aliphatic heterocycles. The standard InChI is InChI=1S/C19H24FN3O2/c1-21-12-14-8-10-23(11-9-14)19(24)7-6-18-22-13-17(25-18)15-4-2-3-5-16(15)20/h2-5,13-14,21H,6-12H2,1H3. The van der Waals surface area contributed by atoms with Crippen LogP contribution in [0.2, 0.25) is 0 Å². The Hall–Kier alpha value is -2.21. The van der Waals surface area contributed by atoms with Crippen molar-refractivity contribution < 1.29 is 13.6 Å². The summed E-state index contributed by atoms with van der Waals surface area (Å²) in [5, 5.41) is 3.20. The van der Waals surface area contributed by atoms with E-state index in [2.05, 4.69) is 10.3 Å². The molecule has 1 aromatic carbocycles. The maximum absolute atomic E-state index is 13.8. The highest BCUT2D eigenvalue weighted by atomic mass is 19.1. The topological polar surface area (TPSA) is 58.4 Å². The normalized spacial score (nSPS) is 15.5. The highest BCUT2D eigenvalue weighted by Crippen LogP contribution is 2.24. The molecule has 5 nitrogen and oxygen atoms in total. The average Bonchev–Trinajstić information content (AvgIpc) is 3.10. The summed E-state index contributed by atoms with van der Waals surface area (Å²) in [6.45, 7) is 2.64. The lowest BCUT2D eigenvalue weighted by molar-refractivity contribution is -0.132. The van der Waals surface area contributed by atoms with E-state index in [4.69, 9.17) is 4.42 Å².